The molecule has 5 heteroatoms. The van der Waals surface area contributed by atoms with E-state index in [2.05, 4.69) is 10.6 Å². The number of carbonyl (C=O) groups excluding carboxylic acids is 1. The van der Waals surface area contributed by atoms with Gasteiger partial charge in [-0.3, -0.25) is 0 Å². The van der Waals surface area contributed by atoms with Crippen LogP contribution in [0.25, 0.3) is 0 Å². The summed E-state index contributed by atoms with van der Waals surface area (Å²) >= 11 is 0. The zero-order valence-electron chi connectivity index (χ0n) is 14.3. The van der Waals surface area contributed by atoms with Gasteiger partial charge in [-0.05, 0) is 49.6 Å². The summed E-state index contributed by atoms with van der Waals surface area (Å²) in [5.41, 5.74) is 2.71. The Kier molecular flexibility index (Phi) is 5.34. The molecule has 2 aromatic rings. The normalized spacial score (nSPS) is 16.2. The van der Waals surface area contributed by atoms with Crippen LogP contribution in [0.3, 0.4) is 0 Å². The lowest BCUT2D eigenvalue weighted by Crippen LogP contribution is -2.45. The number of urea groups is 1. The lowest BCUT2D eigenvalue weighted by Gasteiger charge is -2.38. The third-order valence-corrected chi connectivity index (χ3v) is 4.80. The predicted octanol–water partition coefficient (Wildman–Crippen LogP) is 4.00. The Morgan fingerprint density at radius 1 is 1.08 bits per heavy atom. The maximum atomic E-state index is 13.3. The molecule has 1 aliphatic heterocycles. The van der Waals surface area contributed by atoms with Crippen molar-refractivity contribution < 1.29 is 13.9 Å². The Bertz CT molecular complexity index is 707. The Balaban J connectivity index is 1.67. The number of nitrogens with one attached hydrogen (secondary N) is 2. The molecule has 1 heterocycles. The highest BCUT2D eigenvalue weighted by atomic mass is 19.1. The molecule has 2 amide bonds. The van der Waals surface area contributed by atoms with Crippen LogP contribution in [0.4, 0.5) is 14.9 Å². The third kappa shape index (κ3) is 4.37. The summed E-state index contributed by atoms with van der Waals surface area (Å²) in [7, 11) is 0. The van der Waals surface area contributed by atoms with Crippen LogP contribution in [0.1, 0.15) is 24.0 Å². The number of hydrogen-bond donors (Lipinski definition) is 2. The molecule has 3 rings (SSSR count). The maximum absolute atomic E-state index is 13.3. The van der Waals surface area contributed by atoms with Gasteiger partial charge in [-0.15, -0.1) is 0 Å². The van der Waals surface area contributed by atoms with Crippen molar-refractivity contribution in [3.63, 3.8) is 0 Å². The van der Waals surface area contributed by atoms with Crippen LogP contribution in [0.15, 0.2) is 48.5 Å². The van der Waals surface area contributed by atoms with Crippen LogP contribution >= 0.6 is 0 Å². The quantitative estimate of drug-likeness (QED) is 0.882. The van der Waals surface area contributed by atoms with E-state index in [1.807, 2.05) is 31.2 Å². The molecule has 4 nitrogen and oxygen atoms in total. The number of halogens is 1. The van der Waals surface area contributed by atoms with Crippen molar-refractivity contribution in [2.75, 3.05) is 25.1 Å². The number of anilines is 1. The van der Waals surface area contributed by atoms with Gasteiger partial charge in [0.25, 0.3) is 0 Å². The molecule has 0 bridgehead atoms. The predicted molar refractivity (Wildman–Crippen MR) is 96.3 cm³/mol. The van der Waals surface area contributed by atoms with E-state index in [4.69, 9.17) is 4.74 Å². The highest BCUT2D eigenvalue weighted by Crippen LogP contribution is 2.34. The highest BCUT2D eigenvalue weighted by molar-refractivity contribution is 5.89. The van der Waals surface area contributed by atoms with Gasteiger partial charge in [0.15, 0.2) is 0 Å². The van der Waals surface area contributed by atoms with Crippen molar-refractivity contribution in [2.24, 2.45) is 0 Å². The van der Waals surface area contributed by atoms with Gasteiger partial charge >= 0.3 is 6.03 Å². The molecule has 2 aromatic carbocycles. The Labute approximate surface area is 147 Å². The Morgan fingerprint density at radius 2 is 1.72 bits per heavy atom. The number of hydrogen-bond acceptors (Lipinski definition) is 2. The number of ether oxygens (including phenoxy) is 1. The Hall–Kier alpha value is -2.40. The van der Waals surface area contributed by atoms with Gasteiger partial charge in [0.2, 0.25) is 0 Å². The smallest absolute Gasteiger partial charge is 0.319 e. The second kappa shape index (κ2) is 7.66. The van der Waals surface area contributed by atoms with Gasteiger partial charge in [-0.2, -0.15) is 0 Å². The van der Waals surface area contributed by atoms with Crippen molar-refractivity contribution in [1.82, 2.24) is 5.32 Å². The molecule has 0 aliphatic carbocycles. The van der Waals surface area contributed by atoms with Gasteiger partial charge in [0, 0.05) is 30.9 Å². The molecule has 0 atom stereocenters. The van der Waals surface area contributed by atoms with Gasteiger partial charge in [-0.1, -0.05) is 29.8 Å². The Morgan fingerprint density at radius 3 is 2.36 bits per heavy atom. The zero-order chi connectivity index (χ0) is 17.7. The molecule has 1 saturated heterocycles. The zero-order valence-corrected chi connectivity index (χ0v) is 14.3. The molecular weight excluding hydrogens is 319 g/mol. The average molecular weight is 342 g/mol. The van der Waals surface area contributed by atoms with E-state index in [1.54, 1.807) is 12.1 Å². The molecular formula is C20H23FN2O2. The molecule has 25 heavy (non-hydrogen) atoms. The molecule has 0 saturated carbocycles. The van der Waals surface area contributed by atoms with Gasteiger partial charge in [-0.25, -0.2) is 9.18 Å². The van der Waals surface area contributed by atoms with Crippen molar-refractivity contribution in [3.8, 4) is 0 Å². The van der Waals surface area contributed by atoms with Crippen molar-refractivity contribution in [3.05, 3.63) is 65.5 Å². The first-order chi connectivity index (χ1) is 12.1. The summed E-state index contributed by atoms with van der Waals surface area (Å²) in [6, 6.07) is 14.0. The van der Waals surface area contributed by atoms with Gasteiger partial charge < -0.3 is 15.4 Å². The van der Waals surface area contributed by atoms with E-state index in [9.17, 15) is 9.18 Å². The van der Waals surface area contributed by atoms with E-state index in [0.717, 1.165) is 29.7 Å². The fourth-order valence-corrected chi connectivity index (χ4v) is 3.19. The van der Waals surface area contributed by atoms with Crippen LogP contribution in [-0.4, -0.2) is 25.8 Å². The minimum Gasteiger partial charge on any atom is -0.381 e. The number of benzene rings is 2. The SMILES string of the molecule is Cc1ccc(NC(=O)NCC2(c3ccc(F)cc3)CCOCC2)cc1. The summed E-state index contributed by atoms with van der Waals surface area (Å²) in [5.74, 6) is -0.254. The summed E-state index contributed by atoms with van der Waals surface area (Å²) in [5, 5.41) is 5.82. The van der Waals surface area contributed by atoms with Crippen LogP contribution < -0.4 is 10.6 Å². The number of rotatable bonds is 4. The van der Waals surface area contributed by atoms with Gasteiger partial charge in [0.05, 0.1) is 0 Å². The molecule has 2 N–H and O–H groups in total. The summed E-state index contributed by atoms with van der Waals surface area (Å²) in [6.07, 6.45) is 1.59. The summed E-state index contributed by atoms with van der Waals surface area (Å²) in [6.45, 7) is 3.76. The molecule has 132 valence electrons. The minimum absolute atomic E-state index is 0.226. The monoisotopic (exact) mass is 342 g/mol. The van der Waals surface area contributed by atoms with Crippen LogP contribution in [0, 0.1) is 12.7 Å². The second-order valence-corrected chi connectivity index (χ2v) is 6.57. The van der Waals surface area contributed by atoms with Crippen LogP contribution in [-0.2, 0) is 10.2 Å². The first-order valence-corrected chi connectivity index (χ1v) is 8.53. The van der Waals surface area contributed by atoms with E-state index in [0.29, 0.717) is 19.8 Å². The van der Waals surface area contributed by atoms with E-state index in [1.165, 1.54) is 12.1 Å². The van der Waals surface area contributed by atoms with Gasteiger partial charge in [0.1, 0.15) is 5.82 Å². The number of aryl methyl sites for hydroxylation is 1. The average Bonchev–Trinajstić information content (AvgIpc) is 2.63. The topological polar surface area (TPSA) is 50.4 Å². The molecule has 1 aliphatic rings. The van der Waals surface area contributed by atoms with Crippen molar-refractivity contribution in [1.29, 1.82) is 0 Å². The van der Waals surface area contributed by atoms with Crippen LogP contribution in [0.2, 0.25) is 0 Å². The molecule has 0 aromatic heterocycles. The highest BCUT2D eigenvalue weighted by Gasteiger charge is 2.34. The summed E-state index contributed by atoms with van der Waals surface area (Å²) < 4.78 is 18.7. The molecule has 0 unspecified atom stereocenters. The largest absolute Gasteiger partial charge is 0.381 e. The maximum Gasteiger partial charge on any atom is 0.319 e. The first-order valence-electron chi connectivity index (χ1n) is 8.53. The minimum atomic E-state index is -0.254. The fraction of sp³-hybridized carbons (Fsp3) is 0.350. The number of carbonyl (C=O) groups is 1. The van der Waals surface area contributed by atoms with E-state index in [-0.39, 0.29) is 17.3 Å². The van der Waals surface area contributed by atoms with E-state index < -0.39 is 0 Å². The van der Waals surface area contributed by atoms with E-state index >= 15 is 0 Å². The lowest BCUT2D eigenvalue weighted by molar-refractivity contribution is 0.0508. The lowest BCUT2D eigenvalue weighted by atomic mass is 9.74. The molecule has 1 fully saturated rings. The molecule has 0 spiro atoms. The first kappa shape index (κ1) is 17.4. The molecule has 0 radical (unpaired) electrons. The standard InChI is InChI=1S/C20H23FN2O2/c1-15-2-8-18(9-3-15)23-19(24)22-14-20(10-12-25-13-11-20)16-4-6-17(21)7-5-16/h2-9H,10-14H2,1H3,(H2,22,23,24). The summed E-state index contributed by atoms with van der Waals surface area (Å²) in [4.78, 5) is 12.3. The second-order valence-electron chi connectivity index (χ2n) is 6.57. The third-order valence-electron chi connectivity index (χ3n) is 4.80. The van der Waals surface area contributed by atoms with Crippen LogP contribution in [0.5, 0.6) is 0 Å². The van der Waals surface area contributed by atoms with Crippen molar-refractivity contribution in [2.45, 2.75) is 25.2 Å². The fourth-order valence-electron chi connectivity index (χ4n) is 3.19. The number of amides is 2. The van der Waals surface area contributed by atoms with Crippen molar-refractivity contribution >= 4 is 11.7 Å².